The fourth-order valence-corrected chi connectivity index (χ4v) is 3.12. The lowest BCUT2D eigenvalue weighted by molar-refractivity contribution is -0.384. The number of anilines is 2. The first-order valence-corrected chi connectivity index (χ1v) is 9.61. The number of nitrogens with zero attached hydrogens (tertiary/aromatic N) is 2. The first kappa shape index (κ1) is 21.8. The molecule has 2 aromatic rings. The molecule has 1 saturated heterocycles. The third-order valence-corrected chi connectivity index (χ3v) is 4.63. The summed E-state index contributed by atoms with van der Waals surface area (Å²) in [6.45, 7) is 2.00. The number of hydrogen-bond acceptors (Lipinski definition) is 7. The van der Waals surface area contributed by atoms with Gasteiger partial charge in [0.2, 0.25) is 5.91 Å². The number of carbonyl (C=O) groups is 3. The molecule has 0 aromatic heterocycles. The van der Waals surface area contributed by atoms with Crippen LogP contribution < -0.4 is 15.0 Å². The van der Waals surface area contributed by atoms with E-state index < -0.39 is 29.3 Å². The minimum atomic E-state index is -0.721. The van der Waals surface area contributed by atoms with Gasteiger partial charge in [-0.2, -0.15) is 0 Å². The molecule has 1 aliphatic rings. The lowest BCUT2D eigenvalue weighted by atomic mass is 10.1. The number of benzene rings is 2. The van der Waals surface area contributed by atoms with E-state index in [1.54, 1.807) is 24.3 Å². The Balaban J connectivity index is 1.49. The molecule has 0 spiro atoms. The number of carbonyl (C=O) groups excluding carboxylic acids is 3. The number of non-ortho nitro benzene ring substituents is 1. The van der Waals surface area contributed by atoms with E-state index in [9.17, 15) is 24.5 Å². The van der Waals surface area contributed by atoms with Gasteiger partial charge in [0.1, 0.15) is 5.75 Å². The maximum Gasteiger partial charge on any atom is 0.311 e. The van der Waals surface area contributed by atoms with Crippen molar-refractivity contribution in [3.63, 3.8) is 0 Å². The zero-order valence-corrected chi connectivity index (χ0v) is 16.8. The molecule has 0 unspecified atom stereocenters. The number of ether oxygens (including phenoxy) is 2. The lowest BCUT2D eigenvalue weighted by Crippen LogP contribution is -2.28. The molecule has 31 heavy (non-hydrogen) atoms. The quantitative estimate of drug-likeness (QED) is 0.389. The third-order valence-electron chi connectivity index (χ3n) is 4.63. The molecule has 1 atom stereocenters. The van der Waals surface area contributed by atoms with Crippen molar-refractivity contribution >= 4 is 34.8 Å². The van der Waals surface area contributed by atoms with Crippen molar-refractivity contribution in [2.45, 2.75) is 13.3 Å². The number of nitro groups is 1. The normalized spacial score (nSPS) is 15.5. The molecule has 2 aromatic carbocycles. The van der Waals surface area contributed by atoms with Gasteiger partial charge in [0.05, 0.1) is 17.4 Å². The highest BCUT2D eigenvalue weighted by atomic mass is 16.6. The standard InChI is InChI=1S/C21H21N3O7/c1-2-30-18-9-3-15(4-10-18)22-19(25)13-31-21(27)14-11-20(26)23(12-14)16-5-7-17(8-6-16)24(28)29/h3-10,14H,2,11-13H2,1H3,(H,22,25)/t14-/m1/s1. The Morgan fingerprint density at radius 3 is 2.45 bits per heavy atom. The number of nitrogens with one attached hydrogen (secondary N) is 1. The second-order valence-corrected chi connectivity index (χ2v) is 6.79. The van der Waals surface area contributed by atoms with E-state index in [0.29, 0.717) is 23.7 Å². The number of rotatable bonds is 8. The van der Waals surface area contributed by atoms with Crippen molar-refractivity contribution < 1.29 is 28.8 Å². The number of hydrogen-bond donors (Lipinski definition) is 1. The van der Waals surface area contributed by atoms with E-state index in [4.69, 9.17) is 9.47 Å². The van der Waals surface area contributed by atoms with Gasteiger partial charge in [0.15, 0.2) is 6.61 Å². The van der Waals surface area contributed by atoms with Crippen LogP contribution in [0.1, 0.15) is 13.3 Å². The molecule has 1 heterocycles. The van der Waals surface area contributed by atoms with Gasteiger partial charge >= 0.3 is 5.97 Å². The Morgan fingerprint density at radius 2 is 1.84 bits per heavy atom. The highest BCUT2D eigenvalue weighted by molar-refractivity contribution is 6.00. The maximum atomic E-state index is 12.3. The molecule has 1 aliphatic heterocycles. The van der Waals surface area contributed by atoms with Crippen LogP contribution in [-0.2, 0) is 19.1 Å². The van der Waals surface area contributed by atoms with Crippen LogP contribution in [0.5, 0.6) is 5.75 Å². The SMILES string of the molecule is CCOc1ccc(NC(=O)COC(=O)[C@@H]2CC(=O)N(c3ccc([N+](=O)[O-])cc3)C2)cc1. The number of amides is 2. The molecule has 0 bridgehead atoms. The second-order valence-electron chi connectivity index (χ2n) is 6.79. The van der Waals surface area contributed by atoms with Crippen molar-refractivity contribution in [1.29, 1.82) is 0 Å². The van der Waals surface area contributed by atoms with Gasteiger partial charge in [0, 0.05) is 36.5 Å². The molecule has 1 N–H and O–H groups in total. The molecule has 1 fully saturated rings. The van der Waals surface area contributed by atoms with Crippen LogP contribution in [0.3, 0.4) is 0 Å². The van der Waals surface area contributed by atoms with Crippen LogP contribution in [0.25, 0.3) is 0 Å². The van der Waals surface area contributed by atoms with E-state index >= 15 is 0 Å². The van der Waals surface area contributed by atoms with Gasteiger partial charge in [0.25, 0.3) is 11.6 Å². The molecular weight excluding hydrogens is 406 g/mol. The van der Waals surface area contributed by atoms with Crippen LogP contribution in [0.15, 0.2) is 48.5 Å². The average Bonchev–Trinajstić information content (AvgIpc) is 3.15. The molecule has 0 aliphatic carbocycles. The highest BCUT2D eigenvalue weighted by Gasteiger charge is 2.36. The zero-order valence-electron chi connectivity index (χ0n) is 16.8. The van der Waals surface area contributed by atoms with Crippen molar-refractivity contribution in [1.82, 2.24) is 0 Å². The summed E-state index contributed by atoms with van der Waals surface area (Å²) in [5, 5.41) is 13.4. The van der Waals surface area contributed by atoms with Gasteiger partial charge in [-0.15, -0.1) is 0 Å². The fourth-order valence-electron chi connectivity index (χ4n) is 3.12. The predicted octanol–water partition coefficient (Wildman–Crippen LogP) is 2.53. The van der Waals surface area contributed by atoms with Gasteiger partial charge in [-0.05, 0) is 43.3 Å². The number of nitro benzene ring substituents is 1. The summed E-state index contributed by atoms with van der Waals surface area (Å²) < 4.78 is 10.4. The van der Waals surface area contributed by atoms with Crippen molar-refractivity contribution in [2.75, 3.05) is 30.0 Å². The molecule has 3 rings (SSSR count). The zero-order chi connectivity index (χ0) is 22.4. The smallest absolute Gasteiger partial charge is 0.311 e. The van der Waals surface area contributed by atoms with Gasteiger partial charge in [-0.3, -0.25) is 24.5 Å². The third kappa shape index (κ3) is 5.56. The largest absolute Gasteiger partial charge is 0.494 e. The second kappa shape index (κ2) is 9.70. The van der Waals surface area contributed by atoms with Gasteiger partial charge in [-0.25, -0.2) is 0 Å². The van der Waals surface area contributed by atoms with Crippen LogP contribution in [-0.4, -0.2) is 42.5 Å². The summed E-state index contributed by atoms with van der Waals surface area (Å²) in [4.78, 5) is 48.2. The maximum absolute atomic E-state index is 12.3. The summed E-state index contributed by atoms with van der Waals surface area (Å²) in [7, 11) is 0. The molecule has 10 nitrogen and oxygen atoms in total. The van der Waals surface area contributed by atoms with E-state index in [1.807, 2.05) is 6.92 Å². The lowest BCUT2D eigenvalue weighted by Gasteiger charge is -2.16. The van der Waals surface area contributed by atoms with Gasteiger partial charge < -0.3 is 19.7 Å². The minimum Gasteiger partial charge on any atom is -0.494 e. The number of esters is 1. The summed E-state index contributed by atoms with van der Waals surface area (Å²) in [5.74, 6) is -1.50. The minimum absolute atomic E-state index is 0.0592. The summed E-state index contributed by atoms with van der Waals surface area (Å²) in [6.07, 6.45) is -0.0592. The molecule has 0 saturated carbocycles. The predicted molar refractivity (Wildman–Crippen MR) is 111 cm³/mol. The Labute approximate surface area is 177 Å². The Bertz CT molecular complexity index is 973. The summed E-state index contributed by atoms with van der Waals surface area (Å²) in [6, 6.07) is 12.2. The topological polar surface area (TPSA) is 128 Å². The van der Waals surface area contributed by atoms with Crippen LogP contribution >= 0.6 is 0 Å². The van der Waals surface area contributed by atoms with E-state index in [2.05, 4.69) is 5.32 Å². The van der Waals surface area contributed by atoms with Crippen LogP contribution in [0.2, 0.25) is 0 Å². The summed E-state index contributed by atoms with van der Waals surface area (Å²) in [5.41, 5.74) is 0.897. The Hall–Kier alpha value is -3.95. The Morgan fingerprint density at radius 1 is 1.16 bits per heavy atom. The van der Waals surface area contributed by atoms with E-state index in [-0.39, 0.29) is 24.6 Å². The fraction of sp³-hybridized carbons (Fsp3) is 0.286. The molecular formula is C21H21N3O7. The van der Waals surface area contributed by atoms with Crippen molar-refractivity contribution in [3.05, 3.63) is 58.6 Å². The highest BCUT2D eigenvalue weighted by Crippen LogP contribution is 2.27. The molecule has 0 radical (unpaired) electrons. The average molecular weight is 427 g/mol. The summed E-state index contributed by atoms with van der Waals surface area (Å²) >= 11 is 0. The first-order valence-electron chi connectivity index (χ1n) is 9.61. The first-order chi connectivity index (χ1) is 14.9. The molecule has 2 amide bonds. The van der Waals surface area contributed by atoms with Gasteiger partial charge in [-0.1, -0.05) is 0 Å². The molecule has 10 heteroatoms. The Kier molecular flexibility index (Phi) is 6.81. The van der Waals surface area contributed by atoms with Crippen LogP contribution in [0, 0.1) is 16.0 Å². The van der Waals surface area contributed by atoms with Crippen molar-refractivity contribution in [3.8, 4) is 5.75 Å². The van der Waals surface area contributed by atoms with Crippen LogP contribution in [0.4, 0.5) is 17.1 Å². The van der Waals surface area contributed by atoms with E-state index in [0.717, 1.165) is 0 Å². The monoisotopic (exact) mass is 427 g/mol. The van der Waals surface area contributed by atoms with E-state index in [1.165, 1.54) is 29.2 Å². The van der Waals surface area contributed by atoms with Crippen molar-refractivity contribution in [2.24, 2.45) is 5.92 Å². The molecule has 162 valence electrons.